The average molecular weight is 418 g/mol. The third kappa shape index (κ3) is 5.03. The van der Waals surface area contributed by atoms with Gasteiger partial charge in [0.2, 0.25) is 0 Å². The molecule has 3 aromatic rings. The van der Waals surface area contributed by atoms with E-state index in [2.05, 4.69) is 21.0 Å². The van der Waals surface area contributed by atoms with E-state index in [1.54, 1.807) is 41.3 Å². The number of urea groups is 1. The number of anilines is 1. The molecule has 2 aromatic carbocycles. The molecule has 7 nitrogen and oxygen atoms in total. The molecule has 1 heterocycles. The second-order valence-electron chi connectivity index (χ2n) is 5.73. The number of nitrogens with one attached hydrogen (secondary N) is 3. The van der Waals surface area contributed by atoms with Gasteiger partial charge in [0.1, 0.15) is 0 Å². The van der Waals surface area contributed by atoms with Crippen molar-refractivity contribution < 1.29 is 9.59 Å². The minimum atomic E-state index is -0.386. The fourth-order valence-corrected chi connectivity index (χ4v) is 2.75. The monoisotopic (exact) mass is 417 g/mol. The number of hydrogen-bond donors (Lipinski definition) is 3. The van der Waals surface area contributed by atoms with Gasteiger partial charge in [0.15, 0.2) is 0 Å². The van der Waals surface area contributed by atoms with Crippen molar-refractivity contribution in [3.63, 3.8) is 0 Å². The maximum absolute atomic E-state index is 12.1. The summed E-state index contributed by atoms with van der Waals surface area (Å²) in [5, 5.41) is 13.0. The standard InChI is InChI=1S/C19H17Cl2N5O2/c20-14-7-6-13(12-15(14)21)18(27)22-9-10-23-19(28)25-16-4-1-2-5-17(16)26-11-3-8-24-26/h1-8,11-12H,9-10H2,(H,22,27)(H2,23,25,28). The quantitative estimate of drug-likeness (QED) is 0.533. The summed E-state index contributed by atoms with van der Waals surface area (Å²) in [6.07, 6.45) is 3.45. The van der Waals surface area contributed by atoms with Crippen molar-refractivity contribution in [1.29, 1.82) is 0 Å². The fourth-order valence-electron chi connectivity index (χ4n) is 2.45. The minimum Gasteiger partial charge on any atom is -0.350 e. The number of para-hydroxylation sites is 2. The number of amides is 3. The highest BCUT2D eigenvalue weighted by atomic mass is 35.5. The molecule has 0 fully saturated rings. The van der Waals surface area contributed by atoms with Crippen LogP contribution in [0.5, 0.6) is 0 Å². The first-order valence-electron chi connectivity index (χ1n) is 8.42. The fraction of sp³-hybridized carbons (Fsp3) is 0.105. The number of carbonyl (C=O) groups is 2. The molecule has 3 amide bonds. The van der Waals surface area contributed by atoms with Crippen LogP contribution in [0.25, 0.3) is 5.69 Å². The lowest BCUT2D eigenvalue weighted by molar-refractivity contribution is 0.0954. The Morgan fingerprint density at radius 1 is 0.964 bits per heavy atom. The van der Waals surface area contributed by atoms with Crippen LogP contribution in [0.15, 0.2) is 60.9 Å². The van der Waals surface area contributed by atoms with E-state index in [1.165, 1.54) is 6.07 Å². The van der Waals surface area contributed by atoms with Crippen LogP contribution in [0.2, 0.25) is 10.0 Å². The van der Waals surface area contributed by atoms with Crippen LogP contribution in [-0.2, 0) is 0 Å². The predicted molar refractivity (Wildman–Crippen MR) is 109 cm³/mol. The number of nitrogens with zero attached hydrogens (tertiary/aromatic N) is 2. The smallest absolute Gasteiger partial charge is 0.319 e. The molecule has 9 heteroatoms. The van der Waals surface area contributed by atoms with Crippen molar-refractivity contribution in [3.8, 4) is 5.69 Å². The van der Waals surface area contributed by atoms with Gasteiger partial charge in [-0.3, -0.25) is 4.79 Å². The molecule has 144 valence electrons. The maximum Gasteiger partial charge on any atom is 0.319 e. The van der Waals surface area contributed by atoms with E-state index in [0.717, 1.165) is 5.69 Å². The Morgan fingerprint density at radius 2 is 1.75 bits per heavy atom. The van der Waals surface area contributed by atoms with E-state index in [0.29, 0.717) is 21.3 Å². The summed E-state index contributed by atoms with van der Waals surface area (Å²) in [7, 11) is 0. The SMILES string of the molecule is O=C(NCCNC(=O)c1ccc(Cl)c(Cl)c1)Nc1ccccc1-n1cccn1. The lowest BCUT2D eigenvalue weighted by atomic mass is 10.2. The van der Waals surface area contributed by atoms with Gasteiger partial charge in [-0.1, -0.05) is 35.3 Å². The second-order valence-corrected chi connectivity index (χ2v) is 6.55. The van der Waals surface area contributed by atoms with Crippen molar-refractivity contribution >= 4 is 40.8 Å². The Bertz CT molecular complexity index is 976. The maximum atomic E-state index is 12.1. The zero-order valence-electron chi connectivity index (χ0n) is 14.7. The highest BCUT2D eigenvalue weighted by Gasteiger charge is 2.09. The Balaban J connectivity index is 1.48. The van der Waals surface area contributed by atoms with E-state index < -0.39 is 0 Å². The third-order valence-electron chi connectivity index (χ3n) is 3.78. The number of aromatic nitrogens is 2. The van der Waals surface area contributed by atoms with Crippen molar-refractivity contribution in [1.82, 2.24) is 20.4 Å². The van der Waals surface area contributed by atoms with Crippen molar-refractivity contribution in [2.24, 2.45) is 0 Å². The van der Waals surface area contributed by atoms with Crippen molar-refractivity contribution in [3.05, 3.63) is 76.5 Å². The molecule has 0 aliphatic heterocycles. The number of rotatable bonds is 6. The molecular formula is C19H17Cl2N5O2. The van der Waals surface area contributed by atoms with Crippen molar-refractivity contribution in [2.45, 2.75) is 0 Å². The summed E-state index contributed by atoms with van der Waals surface area (Å²) in [6.45, 7) is 0.510. The van der Waals surface area contributed by atoms with E-state index in [4.69, 9.17) is 23.2 Å². The van der Waals surface area contributed by atoms with E-state index in [1.807, 2.05) is 18.2 Å². The molecular weight excluding hydrogens is 401 g/mol. The van der Waals surface area contributed by atoms with Crippen LogP contribution in [0, 0.1) is 0 Å². The molecule has 0 spiro atoms. The van der Waals surface area contributed by atoms with Crippen LogP contribution < -0.4 is 16.0 Å². The van der Waals surface area contributed by atoms with Gasteiger partial charge in [0.05, 0.1) is 21.4 Å². The number of halogens is 2. The topological polar surface area (TPSA) is 88.0 Å². The zero-order valence-corrected chi connectivity index (χ0v) is 16.2. The molecule has 0 unspecified atom stereocenters. The lowest BCUT2D eigenvalue weighted by Crippen LogP contribution is -2.37. The van der Waals surface area contributed by atoms with Gasteiger partial charge in [-0.15, -0.1) is 0 Å². The molecule has 0 saturated carbocycles. The van der Waals surface area contributed by atoms with Crippen LogP contribution >= 0.6 is 23.2 Å². The summed E-state index contributed by atoms with van der Waals surface area (Å²) in [6, 6.07) is 13.3. The van der Waals surface area contributed by atoms with Crippen LogP contribution in [-0.4, -0.2) is 34.8 Å². The van der Waals surface area contributed by atoms with Gasteiger partial charge in [-0.25, -0.2) is 9.48 Å². The molecule has 0 saturated heterocycles. The van der Waals surface area contributed by atoms with Gasteiger partial charge in [-0.05, 0) is 36.4 Å². The number of carbonyl (C=O) groups excluding carboxylic acids is 2. The van der Waals surface area contributed by atoms with Gasteiger partial charge in [-0.2, -0.15) is 5.10 Å². The Hall–Kier alpha value is -3.03. The van der Waals surface area contributed by atoms with E-state index in [-0.39, 0.29) is 25.0 Å². The number of benzene rings is 2. The molecule has 0 aliphatic carbocycles. The van der Waals surface area contributed by atoms with Crippen molar-refractivity contribution in [2.75, 3.05) is 18.4 Å². The summed E-state index contributed by atoms with van der Waals surface area (Å²) < 4.78 is 1.66. The molecule has 3 N–H and O–H groups in total. The van der Waals surface area contributed by atoms with Gasteiger partial charge in [0, 0.05) is 31.0 Å². The Kier molecular flexibility index (Phi) is 6.52. The lowest BCUT2D eigenvalue weighted by Gasteiger charge is -2.12. The van der Waals surface area contributed by atoms with E-state index >= 15 is 0 Å². The second kappa shape index (κ2) is 9.25. The normalized spacial score (nSPS) is 10.4. The molecule has 0 bridgehead atoms. The number of hydrogen-bond acceptors (Lipinski definition) is 3. The largest absolute Gasteiger partial charge is 0.350 e. The first-order chi connectivity index (χ1) is 13.5. The highest BCUT2D eigenvalue weighted by Crippen LogP contribution is 2.22. The predicted octanol–water partition coefficient (Wildman–Crippen LogP) is 3.73. The first kappa shape index (κ1) is 19.7. The molecule has 3 rings (SSSR count). The molecule has 0 radical (unpaired) electrons. The van der Waals surface area contributed by atoms with E-state index in [9.17, 15) is 9.59 Å². The summed E-state index contributed by atoms with van der Waals surface area (Å²) in [5.41, 5.74) is 1.76. The molecule has 1 aromatic heterocycles. The molecule has 0 atom stereocenters. The summed E-state index contributed by atoms with van der Waals surface area (Å²) in [4.78, 5) is 24.2. The molecule has 28 heavy (non-hydrogen) atoms. The van der Waals surface area contributed by atoms with Gasteiger partial charge >= 0.3 is 6.03 Å². The minimum absolute atomic E-state index is 0.253. The van der Waals surface area contributed by atoms with Crippen LogP contribution in [0.3, 0.4) is 0 Å². The molecule has 0 aliphatic rings. The van der Waals surface area contributed by atoms with Crippen LogP contribution in [0.1, 0.15) is 10.4 Å². The summed E-state index contributed by atoms with van der Waals surface area (Å²) >= 11 is 11.7. The summed E-state index contributed by atoms with van der Waals surface area (Å²) in [5.74, 6) is -0.301. The Morgan fingerprint density at radius 3 is 2.50 bits per heavy atom. The zero-order chi connectivity index (χ0) is 19.9. The average Bonchev–Trinajstić information content (AvgIpc) is 3.22. The first-order valence-corrected chi connectivity index (χ1v) is 9.17. The van der Waals surface area contributed by atoms with Crippen LogP contribution in [0.4, 0.5) is 10.5 Å². The Labute approximate surface area is 171 Å². The van der Waals surface area contributed by atoms with Gasteiger partial charge in [0.25, 0.3) is 5.91 Å². The highest BCUT2D eigenvalue weighted by molar-refractivity contribution is 6.42. The van der Waals surface area contributed by atoms with Gasteiger partial charge < -0.3 is 16.0 Å². The third-order valence-corrected chi connectivity index (χ3v) is 4.52.